The molecule has 1 heterocycles. The van der Waals surface area contributed by atoms with Crippen LogP contribution in [0.1, 0.15) is 5.56 Å². The van der Waals surface area contributed by atoms with Crippen LogP contribution < -0.4 is 0 Å². The second-order valence-electron chi connectivity index (χ2n) is 2.60. The third kappa shape index (κ3) is 1.69. The minimum Gasteiger partial charge on any atom is -0.430 e. The number of cyclic esters (lactones) is 2. The summed E-state index contributed by atoms with van der Waals surface area (Å²) in [6, 6.07) is 9.44. The molecule has 0 atom stereocenters. The largest absolute Gasteiger partial charge is 0.514 e. The molecule has 3 heteroatoms. The van der Waals surface area contributed by atoms with Gasteiger partial charge >= 0.3 is 6.16 Å². The molecule has 0 aromatic heterocycles. The predicted molar refractivity (Wildman–Crippen MR) is 46.9 cm³/mol. The number of carbonyl (C=O) groups is 1. The maximum atomic E-state index is 10.8. The molecular weight excluding hydrogens is 168 g/mol. The number of hydrogen-bond donors (Lipinski definition) is 0. The van der Waals surface area contributed by atoms with Crippen LogP contribution in [0.5, 0.6) is 0 Å². The molecule has 0 spiro atoms. The van der Waals surface area contributed by atoms with Crippen molar-refractivity contribution >= 4 is 11.9 Å². The molecule has 1 aromatic rings. The molecule has 66 valence electrons. The fourth-order valence-corrected chi connectivity index (χ4v) is 1.13. The second kappa shape index (κ2) is 3.31. The first kappa shape index (κ1) is 7.86. The maximum absolute atomic E-state index is 10.8. The van der Waals surface area contributed by atoms with Crippen molar-refractivity contribution < 1.29 is 14.3 Å². The number of ether oxygens (including phenoxy) is 2. The van der Waals surface area contributed by atoms with Crippen molar-refractivity contribution in [3.8, 4) is 0 Å². The van der Waals surface area contributed by atoms with Gasteiger partial charge in [0.15, 0.2) is 0 Å². The standard InChI is InChI=1S/C10H8O3/c11-10-12-7-6-9(13-10)8-4-2-1-3-5-8/h1-6H,7H2. The van der Waals surface area contributed by atoms with Crippen LogP contribution in [-0.2, 0) is 9.47 Å². The summed E-state index contributed by atoms with van der Waals surface area (Å²) < 4.78 is 9.46. The molecule has 1 aliphatic heterocycles. The van der Waals surface area contributed by atoms with Gasteiger partial charge in [-0.3, -0.25) is 0 Å². The van der Waals surface area contributed by atoms with Crippen LogP contribution in [0.4, 0.5) is 4.79 Å². The summed E-state index contributed by atoms with van der Waals surface area (Å²) in [5.74, 6) is 0.567. The highest BCUT2D eigenvalue weighted by Gasteiger charge is 2.14. The summed E-state index contributed by atoms with van der Waals surface area (Å²) in [7, 11) is 0. The third-order valence-electron chi connectivity index (χ3n) is 1.72. The summed E-state index contributed by atoms with van der Waals surface area (Å²) in [6.07, 6.45) is 1.10. The SMILES string of the molecule is O=C1OCC=C(c2ccccc2)O1. The van der Waals surface area contributed by atoms with Gasteiger partial charge in [0, 0.05) is 5.56 Å². The lowest BCUT2D eigenvalue weighted by molar-refractivity contribution is 0.0913. The molecule has 2 rings (SSSR count). The van der Waals surface area contributed by atoms with E-state index in [-0.39, 0.29) is 6.61 Å². The zero-order chi connectivity index (χ0) is 9.10. The van der Waals surface area contributed by atoms with E-state index in [1.54, 1.807) is 6.08 Å². The highest BCUT2D eigenvalue weighted by atomic mass is 16.7. The summed E-state index contributed by atoms with van der Waals surface area (Å²) in [4.78, 5) is 10.8. The summed E-state index contributed by atoms with van der Waals surface area (Å²) >= 11 is 0. The van der Waals surface area contributed by atoms with Gasteiger partial charge in [-0.1, -0.05) is 30.3 Å². The molecule has 0 bridgehead atoms. The molecule has 1 aliphatic rings. The Kier molecular flexibility index (Phi) is 2.00. The van der Waals surface area contributed by atoms with E-state index in [0.717, 1.165) is 5.56 Å². The first-order valence-electron chi connectivity index (χ1n) is 3.96. The van der Waals surface area contributed by atoms with Crippen molar-refractivity contribution in [1.29, 1.82) is 0 Å². The Hall–Kier alpha value is -1.77. The van der Waals surface area contributed by atoms with Crippen LogP contribution in [0.3, 0.4) is 0 Å². The average molecular weight is 176 g/mol. The Morgan fingerprint density at radius 2 is 1.92 bits per heavy atom. The van der Waals surface area contributed by atoms with Crippen molar-refractivity contribution in [3.05, 3.63) is 42.0 Å². The Labute approximate surface area is 75.6 Å². The van der Waals surface area contributed by atoms with E-state index in [9.17, 15) is 4.79 Å². The fraction of sp³-hybridized carbons (Fsp3) is 0.100. The lowest BCUT2D eigenvalue weighted by Crippen LogP contribution is -2.12. The molecule has 0 amide bonds. The lowest BCUT2D eigenvalue weighted by atomic mass is 10.2. The van der Waals surface area contributed by atoms with Gasteiger partial charge in [0.1, 0.15) is 12.4 Å². The first-order valence-corrected chi connectivity index (χ1v) is 3.96. The lowest BCUT2D eigenvalue weighted by Gasteiger charge is -2.13. The number of rotatable bonds is 1. The minimum absolute atomic E-state index is 0.281. The van der Waals surface area contributed by atoms with Crippen molar-refractivity contribution in [2.24, 2.45) is 0 Å². The van der Waals surface area contributed by atoms with E-state index in [4.69, 9.17) is 4.74 Å². The molecule has 0 radical (unpaired) electrons. The van der Waals surface area contributed by atoms with Gasteiger partial charge in [-0.05, 0) is 6.08 Å². The van der Waals surface area contributed by atoms with Crippen LogP contribution in [0.15, 0.2) is 36.4 Å². The average Bonchev–Trinajstić information content (AvgIpc) is 2.19. The smallest absolute Gasteiger partial charge is 0.430 e. The van der Waals surface area contributed by atoms with Gasteiger partial charge < -0.3 is 9.47 Å². The number of carbonyl (C=O) groups excluding carboxylic acids is 1. The quantitative estimate of drug-likeness (QED) is 0.615. The van der Waals surface area contributed by atoms with E-state index >= 15 is 0 Å². The summed E-state index contributed by atoms with van der Waals surface area (Å²) in [5.41, 5.74) is 0.888. The monoisotopic (exact) mass is 176 g/mol. The van der Waals surface area contributed by atoms with Gasteiger partial charge in [-0.25, -0.2) is 4.79 Å². The van der Waals surface area contributed by atoms with E-state index in [2.05, 4.69) is 4.74 Å². The van der Waals surface area contributed by atoms with E-state index in [0.29, 0.717) is 5.76 Å². The van der Waals surface area contributed by atoms with Crippen molar-refractivity contribution in [3.63, 3.8) is 0 Å². The normalized spacial score (nSPS) is 15.7. The molecule has 0 saturated carbocycles. The maximum Gasteiger partial charge on any atom is 0.514 e. The van der Waals surface area contributed by atoms with Crippen LogP contribution >= 0.6 is 0 Å². The second-order valence-corrected chi connectivity index (χ2v) is 2.60. The zero-order valence-corrected chi connectivity index (χ0v) is 6.90. The number of benzene rings is 1. The van der Waals surface area contributed by atoms with Gasteiger partial charge in [0.2, 0.25) is 0 Å². The highest BCUT2D eigenvalue weighted by molar-refractivity contribution is 5.74. The molecule has 0 fully saturated rings. The molecular formula is C10H8O3. The Bertz CT molecular complexity index is 340. The molecule has 1 aromatic carbocycles. The summed E-state index contributed by atoms with van der Waals surface area (Å²) in [5, 5.41) is 0. The van der Waals surface area contributed by atoms with Crippen molar-refractivity contribution in [2.75, 3.05) is 6.61 Å². The molecule has 0 aliphatic carbocycles. The Balaban J connectivity index is 2.27. The third-order valence-corrected chi connectivity index (χ3v) is 1.72. The topological polar surface area (TPSA) is 35.5 Å². The van der Waals surface area contributed by atoms with Crippen LogP contribution in [0, 0.1) is 0 Å². The number of hydrogen-bond acceptors (Lipinski definition) is 3. The molecule has 0 saturated heterocycles. The van der Waals surface area contributed by atoms with Gasteiger partial charge in [-0.2, -0.15) is 0 Å². The van der Waals surface area contributed by atoms with Crippen LogP contribution in [0.25, 0.3) is 5.76 Å². The van der Waals surface area contributed by atoms with Gasteiger partial charge in [0.05, 0.1) is 0 Å². The van der Waals surface area contributed by atoms with E-state index in [1.165, 1.54) is 0 Å². The predicted octanol–water partition coefficient (Wildman–Crippen LogP) is 2.19. The fourth-order valence-electron chi connectivity index (χ4n) is 1.13. The minimum atomic E-state index is -0.638. The van der Waals surface area contributed by atoms with Crippen molar-refractivity contribution in [2.45, 2.75) is 0 Å². The van der Waals surface area contributed by atoms with Crippen molar-refractivity contribution in [1.82, 2.24) is 0 Å². The summed E-state index contributed by atoms with van der Waals surface area (Å²) in [6.45, 7) is 0.281. The van der Waals surface area contributed by atoms with E-state index < -0.39 is 6.16 Å². The van der Waals surface area contributed by atoms with Crippen LogP contribution in [-0.4, -0.2) is 12.8 Å². The molecule has 3 nitrogen and oxygen atoms in total. The first-order chi connectivity index (χ1) is 6.36. The van der Waals surface area contributed by atoms with E-state index in [1.807, 2.05) is 30.3 Å². The molecule has 13 heavy (non-hydrogen) atoms. The zero-order valence-electron chi connectivity index (χ0n) is 6.90. The Morgan fingerprint density at radius 3 is 2.62 bits per heavy atom. The highest BCUT2D eigenvalue weighted by Crippen LogP contribution is 2.18. The molecule has 0 N–H and O–H groups in total. The Morgan fingerprint density at radius 1 is 1.15 bits per heavy atom. The van der Waals surface area contributed by atoms with Crippen LogP contribution in [0.2, 0.25) is 0 Å². The van der Waals surface area contributed by atoms with Gasteiger partial charge in [-0.15, -0.1) is 0 Å². The molecule has 0 unspecified atom stereocenters. The van der Waals surface area contributed by atoms with Gasteiger partial charge in [0.25, 0.3) is 0 Å².